The first kappa shape index (κ1) is 11.1. The van der Waals surface area contributed by atoms with E-state index in [1.807, 2.05) is 6.92 Å². The number of nitrogens with two attached hydrogens (primary N) is 1. The van der Waals surface area contributed by atoms with Crippen molar-refractivity contribution in [2.24, 2.45) is 5.73 Å². The molecule has 0 fully saturated rings. The van der Waals surface area contributed by atoms with Crippen molar-refractivity contribution < 1.29 is 0 Å². The fourth-order valence-corrected chi connectivity index (χ4v) is 1.95. The van der Waals surface area contributed by atoms with Gasteiger partial charge in [-0.2, -0.15) is 0 Å². The molecule has 1 aromatic heterocycles. The van der Waals surface area contributed by atoms with Gasteiger partial charge in [0.2, 0.25) is 0 Å². The SMILES string of the molecule is CC1=CCN(c2ccc(CN)c(C)n2)CC1. The lowest BCUT2D eigenvalue weighted by molar-refractivity contribution is 0.772. The number of anilines is 1. The molecule has 16 heavy (non-hydrogen) atoms. The zero-order valence-electron chi connectivity index (χ0n) is 10.0. The fraction of sp³-hybridized carbons (Fsp3) is 0.462. The topological polar surface area (TPSA) is 42.1 Å². The summed E-state index contributed by atoms with van der Waals surface area (Å²) >= 11 is 0. The van der Waals surface area contributed by atoms with Gasteiger partial charge >= 0.3 is 0 Å². The molecule has 3 heteroatoms. The first-order valence-corrected chi connectivity index (χ1v) is 5.78. The van der Waals surface area contributed by atoms with Gasteiger partial charge in [-0.05, 0) is 31.9 Å². The number of aryl methyl sites for hydroxylation is 1. The number of nitrogens with zero attached hydrogens (tertiary/aromatic N) is 2. The van der Waals surface area contributed by atoms with Crippen LogP contribution in [0.3, 0.4) is 0 Å². The minimum absolute atomic E-state index is 0.568. The molecular weight excluding hydrogens is 198 g/mol. The van der Waals surface area contributed by atoms with Crippen LogP contribution >= 0.6 is 0 Å². The Balaban J connectivity index is 2.19. The molecule has 2 heterocycles. The maximum Gasteiger partial charge on any atom is 0.129 e. The van der Waals surface area contributed by atoms with Crippen molar-refractivity contribution in [2.45, 2.75) is 26.8 Å². The number of hydrogen-bond donors (Lipinski definition) is 1. The fourth-order valence-electron chi connectivity index (χ4n) is 1.95. The van der Waals surface area contributed by atoms with Gasteiger partial charge in [0.25, 0.3) is 0 Å². The molecule has 0 saturated heterocycles. The highest BCUT2D eigenvalue weighted by atomic mass is 15.2. The second kappa shape index (κ2) is 4.66. The van der Waals surface area contributed by atoms with Crippen molar-refractivity contribution in [3.63, 3.8) is 0 Å². The predicted octanol–water partition coefficient (Wildman–Crippen LogP) is 2.01. The predicted molar refractivity (Wildman–Crippen MR) is 67.5 cm³/mol. The van der Waals surface area contributed by atoms with Crippen molar-refractivity contribution in [3.05, 3.63) is 35.0 Å². The Morgan fingerprint density at radius 2 is 2.19 bits per heavy atom. The second-order valence-electron chi connectivity index (χ2n) is 4.36. The minimum atomic E-state index is 0.568. The molecule has 3 nitrogen and oxygen atoms in total. The molecule has 0 aliphatic carbocycles. The number of rotatable bonds is 2. The van der Waals surface area contributed by atoms with Gasteiger partial charge in [-0.1, -0.05) is 17.7 Å². The van der Waals surface area contributed by atoms with Crippen LogP contribution in [0.1, 0.15) is 24.6 Å². The molecule has 0 bridgehead atoms. The highest BCUT2D eigenvalue weighted by Gasteiger charge is 2.11. The van der Waals surface area contributed by atoms with E-state index in [4.69, 9.17) is 5.73 Å². The third kappa shape index (κ3) is 2.25. The van der Waals surface area contributed by atoms with Gasteiger partial charge in [-0.3, -0.25) is 0 Å². The van der Waals surface area contributed by atoms with Crippen LogP contribution in [0.25, 0.3) is 0 Å². The molecule has 0 radical (unpaired) electrons. The zero-order chi connectivity index (χ0) is 11.5. The Hall–Kier alpha value is -1.35. The summed E-state index contributed by atoms with van der Waals surface area (Å²) in [5.74, 6) is 1.07. The smallest absolute Gasteiger partial charge is 0.129 e. The van der Waals surface area contributed by atoms with Crippen LogP contribution in [0.15, 0.2) is 23.8 Å². The lowest BCUT2D eigenvalue weighted by Gasteiger charge is -2.27. The average Bonchev–Trinajstić information content (AvgIpc) is 2.30. The monoisotopic (exact) mass is 217 g/mol. The molecule has 2 rings (SSSR count). The largest absolute Gasteiger partial charge is 0.353 e. The second-order valence-corrected chi connectivity index (χ2v) is 4.36. The standard InChI is InChI=1S/C13H19N3/c1-10-5-7-16(8-6-10)13-4-3-12(9-14)11(2)15-13/h3-5H,6-9,14H2,1-2H3. The molecule has 0 aromatic carbocycles. The van der Waals surface area contributed by atoms with E-state index in [1.54, 1.807) is 0 Å². The molecule has 0 atom stereocenters. The number of pyridine rings is 1. The van der Waals surface area contributed by atoms with Crippen molar-refractivity contribution in [1.82, 2.24) is 4.98 Å². The van der Waals surface area contributed by atoms with Crippen molar-refractivity contribution in [2.75, 3.05) is 18.0 Å². The Bertz CT molecular complexity index is 410. The number of hydrogen-bond acceptors (Lipinski definition) is 3. The van der Waals surface area contributed by atoms with E-state index in [2.05, 4.69) is 35.0 Å². The van der Waals surface area contributed by atoms with Crippen LogP contribution < -0.4 is 10.6 Å². The zero-order valence-corrected chi connectivity index (χ0v) is 10.0. The van der Waals surface area contributed by atoms with Gasteiger partial charge in [-0.15, -0.1) is 0 Å². The quantitative estimate of drug-likeness (QED) is 0.770. The van der Waals surface area contributed by atoms with E-state index in [9.17, 15) is 0 Å². The molecule has 0 unspecified atom stereocenters. The van der Waals surface area contributed by atoms with Crippen molar-refractivity contribution >= 4 is 5.82 Å². The molecule has 1 aliphatic rings. The van der Waals surface area contributed by atoms with Crippen molar-refractivity contribution in [1.29, 1.82) is 0 Å². The highest BCUT2D eigenvalue weighted by molar-refractivity contribution is 5.43. The summed E-state index contributed by atoms with van der Waals surface area (Å²) in [6.45, 7) is 6.82. The highest BCUT2D eigenvalue weighted by Crippen LogP contribution is 2.19. The summed E-state index contributed by atoms with van der Waals surface area (Å²) in [7, 11) is 0. The van der Waals surface area contributed by atoms with Crippen molar-refractivity contribution in [3.8, 4) is 0 Å². The maximum atomic E-state index is 5.63. The Morgan fingerprint density at radius 3 is 2.75 bits per heavy atom. The van der Waals surface area contributed by atoms with E-state index in [1.165, 1.54) is 5.57 Å². The maximum absolute atomic E-state index is 5.63. The van der Waals surface area contributed by atoms with Gasteiger partial charge in [0.15, 0.2) is 0 Å². The minimum Gasteiger partial charge on any atom is -0.353 e. The molecule has 2 N–H and O–H groups in total. The average molecular weight is 217 g/mol. The van der Waals surface area contributed by atoms with E-state index in [0.29, 0.717) is 6.54 Å². The van der Waals surface area contributed by atoms with Crippen LogP contribution in [0, 0.1) is 6.92 Å². The van der Waals surface area contributed by atoms with E-state index in [-0.39, 0.29) is 0 Å². The molecule has 1 aromatic rings. The summed E-state index contributed by atoms with van der Waals surface area (Å²) in [4.78, 5) is 6.92. The lowest BCUT2D eigenvalue weighted by atomic mass is 10.1. The normalized spacial score (nSPS) is 16.2. The van der Waals surface area contributed by atoms with Crippen LogP contribution in [-0.2, 0) is 6.54 Å². The molecule has 0 amide bonds. The Kier molecular flexibility index (Phi) is 3.25. The Morgan fingerprint density at radius 1 is 1.38 bits per heavy atom. The van der Waals surface area contributed by atoms with Gasteiger partial charge in [0.1, 0.15) is 5.82 Å². The summed E-state index contributed by atoms with van der Waals surface area (Å²) < 4.78 is 0. The summed E-state index contributed by atoms with van der Waals surface area (Å²) in [5.41, 5.74) is 9.29. The van der Waals surface area contributed by atoms with E-state index < -0.39 is 0 Å². The molecule has 0 spiro atoms. The lowest BCUT2D eigenvalue weighted by Crippen LogP contribution is -2.29. The first-order chi connectivity index (χ1) is 7.70. The summed E-state index contributed by atoms with van der Waals surface area (Å²) in [5, 5.41) is 0. The first-order valence-electron chi connectivity index (χ1n) is 5.78. The molecule has 0 saturated carbocycles. The van der Waals surface area contributed by atoms with Crippen LogP contribution in [0.2, 0.25) is 0 Å². The van der Waals surface area contributed by atoms with Gasteiger partial charge < -0.3 is 10.6 Å². The summed E-state index contributed by atoms with van der Waals surface area (Å²) in [6.07, 6.45) is 3.41. The molecular formula is C13H19N3. The third-order valence-corrected chi connectivity index (χ3v) is 3.16. The molecule has 1 aliphatic heterocycles. The van der Waals surface area contributed by atoms with E-state index in [0.717, 1.165) is 36.6 Å². The summed E-state index contributed by atoms with van der Waals surface area (Å²) in [6, 6.07) is 4.16. The van der Waals surface area contributed by atoms with Crippen LogP contribution in [-0.4, -0.2) is 18.1 Å². The molecule has 86 valence electrons. The Labute approximate surface area is 97.0 Å². The van der Waals surface area contributed by atoms with Gasteiger partial charge in [0.05, 0.1) is 0 Å². The van der Waals surface area contributed by atoms with Gasteiger partial charge in [-0.25, -0.2) is 4.98 Å². The van der Waals surface area contributed by atoms with Crippen LogP contribution in [0.4, 0.5) is 5.82 Å². The number of aromatic nitrogens is 1. The van der Waals surface area contributed by atoms with E-state index >= 15 is 0 Å². The van der Waals surface area contributed by atoms with Gasteiger partial charge in [0, 0.05) is 25.3 Å². The third-order valence-electron chi connectivity index (χ3n) is 3.16. The van der Waals surface area contributed by atoms with Crippen LogP contribution in [0.5, 0.6) is 0 Å².